The Balaban J connectivity index is 1.49. The predicted octanol–water partition coefficient (Wildman–Crippen LogP) is 7.59. The number of aromatic amines is 1. The fourth-order valence-electron chi connectivity index (χ4n) is 8.19. The molecule has 7 rings (SSSR count). The van der Waals surface area contributed by atoms with Gasteiger partial charge in [-0.2, -0.15) is 8.78 Å². The number of ether oxygens (including phenoxy) is 3. The van der Waals surface area contributed by atoms with Gasteiger partial charge in [-0.3, -0.25) is 14.3 Å². The quantitative estimate of drug-likeness (QED) is 0.0736. The van der Waals surface area contributed by atoms with Crippen molar-refractivity contribution >= 4 is 18.7 Å². The van der Waals surface area contributed by atoms with E-state index in [1.54, 1.807) is 31.4 Å². The third-order valence-electron chi connectivity index (χ3n) is 11.0. The third kappa shape index (κ3) is 6.98. The maximum atomic E-state index is 18.0. The molecule has 0 radical (unpaired) electrons. The topological polar surface area (TPSA) is 91.8 Å². The highest BCUT2D eigenvalue weighted by Gasteiger charge is 2.70. The molecule has 0 spiro atoms. The van der Waals surface area contributed by atoms with E-state index < -0.39 is 60.7 Å². The van der Waals surface area contributed by atoms with Crippen LogP contribution in [0.15, 0.2) is 180 Å². The van der Waals surface area contributed by atoms with E-state index in [9.17, 15) is 9.59 Å². The Labute approximate surface area is 337 Å². The molecule has 8 nitrogen and oxygen atoms in total. The van der Waals surface area contributed by atoms with Crippen molar-refractivity contribution in [1.82, 2.24) is 9.55 Å². The van der Waals surface area contributed by atoms with Gasteiger partial charge in [0.25, 0.3) is 13.9 Å². The first-order valence-corrected chi connectivity index (χ1v) is 20.9. The summed E-state index contributed by atoms with van der Waals surface area (Å²) in [5.74, 6) is -3.39. The summed E-state index contributed by atoms with van der Waals surface area (Å²) in [7, 11) is -1.85. The normalized spacial score (nSPS) is 19.4. The zero-order valence-electron chi connectivity index (χ0n) is 32.8. The zero-order chi connectivity index (χ0) is 41.2. The molecule has 2 heterocycles. The second-order valence-corrected chi connectivity index (χ2v) is 19.7. The first-order valence-electron chi connectivity index (χ1n) is 19.0. The smallest absolute Gasteiger partial charge is 0.330 e. The van der Waals surface area contributed by atoms with Crippen LogP contribution in [0, 0.1) is 0 Å². The number of H-pyrrole nitrogens is 1. The van der Waals surface area contributed by atoms with Crippen LogP contribution in [0.2, 0.25) is 5.04 Å². The number of nitrogens with zero attached hydrogens (tertiary/aromatic N) is 1. The molecule has 0 bridgehead atoms. The molecule has 0 unspecified atom stereocenters. The molecular formula is C47H46F2N2O6Si. The molecule has 1 saturated heterocycles. The zero-order valence-corrected chi connectivity index (χ0v) is 33.8. The summed E-state index contributed by atoms with van der Waals surface area (Å²) in [5, 5.41) is 1.31. The van der Waals surface area contributed by atoms with E-state index in [2.05, 4.69) is 32.3 Å². The van der Waals surface area contributed by atoms with Gasteiger partial charge in [-0.15, -0.1) is 6.58 Å². The Hall–Kier alpha value is -5.72. The minimum atomic E-state index is -3.95. The van der Waals surface area contributed by atoms with Gasteiger partial charge < -0.3 is 18.6 Å². The molecule has 5 aromatic carbocycles. The number of hydrogen-bond donors (Lipinski definition) is 1. The lowest BCUT2D eigenvalue weighted by Gasteiger charge is -2.46. The van der Waals surface area contributed by atoms with Crippen LogP contribution in [-0.2, 0) is 19.5 Å². The summed E-state index contributed by atoms with van der Waals surface area (Å²) in [6.07, 6.45) is -2.09. The van der Waals surface area contributed by atoms with Gasteiger partial charge in [-0.05, 0) is 44.2 Å². The summed E-state index contributed by atoms with van der Waals surface area (Å²) in [6.45, 7) is 9.92. The van der Waals surface area contributed by atoms with E-state index in [0.717, 1.165) is 22.6 Å². The van der Waals surface area contributed by atoms with Crippen molar-refractivity contribution in [2.75, 3.05) is 13.7 Å². The minimum absolute atomic E-state index is 0.444. The molecule has 0 amide bonds. The van der Waals surface area contributed by atoms with Crippen molar-refractivity contribution in [1.29, 1.82) is 0 Å². The molecular weight excluding hydrogens is 755 g/mol. The highest BCUT2D eigenvalue weighted by atomic mass is 28.4. The average Bonchev–Trinajstić information content (AvgIpc) is 3.46. The average molecular weight is 801 g/mol. The molecule has 3 atom stereocenters. The highest BCUT2D eigenvalue weighted by molar-refractivity contribution is 6.99. The SMILES string of the molecule is C=C[C@]1(CO[Si](c2ccccc2)(c2ccccc2)C(C)(C)C)O[C@@H](n2ccc(=O)[nH]c2=O)C(F)(F)[C@@H]1OC(c1ccccc1)(c1ccccc1)c1ccc(OC)cc1. The maximum Gasteiger partial charge on any atom is 0.330 e. The van der Waals surface area contributed by atoms with Gasteiger partial charge >= 0.3 is 11.6 Å². The molecule has 6 aromatic rings. The second-order valence-electron chi connectivity index (χ2n) is 15.4. The Bertz CT molecular complexity index is 2360. The van der Waals surface area contributed by atoms with E-state index in [-0.39, 0.29) is 0 Å². The van der Waals surface area contributed by atoms with E-state index in [1.165, 1.54) is 6.08 Å². The number of hydrogen-bond acceptors (Lipinski definition) is 6. The monoisotopic (exact) mass is 800 g/mol. The van der Waals surface area contributed by atoms with Gasteiger partial charge in [-0.1, -0.05) is 160 Å². The van der Waals surface area contributed by atoms with Crippen molar-refractivity contribution in [3.8, 4) is 5.75 Å². The van der Waals surface area contributed by atoms with Gasteiger partial charge in [0.1, 0.15) is 17.0 Å². The van der Waals surface area contributed by atoms with Crippen molar-refractivity contribution in [3.63, 3.8) is 0 Å². The molecule has 1 aromatic heterocycles. The van der Waals surface area contributed by atoms with Crippen molar-refractivity contribution in [2.24, 2.45) is 0 Å². The molecule has 11 heteroatoms. The molecule has 1 aliphatic heterocycles. The maximum absolute atomic E-state index is 18.0. The second kappa shape index (κ2) is 15.9. The Morgan fingerprint density at radius 1 is 0.759 bits per heavy atom. The molecule has 1 N–H and O–H groups in total. The number of halogens is 2. The molecule has 0 aliphatic carbocycles. The summed E-state index contributed by atoms with van der Waals surface area (Å²) < 4.78 is 63.2. The first-order chi connectivity index (χ1) is 27.8. The van der Waals surface area contributed by atoms with Gasteiger partial charge in [0.05, 0.1) is 13.7 Å². The predicted molar refractivity (Wildman–Crippen MR) is 224 cm³/mol. The number of alkyl halides is 2. The summed E-state index contributed by atoms with van der Waals surface area (Å²) in [4.78, 5) is 27.6. The van der Waals surface area contributed by atoms with E-state index in [1.807, 2.05) is 121 Å². The molecule has 1 fully saturated rings. The van der Waals surface area contributed by atoms with Crippen LogP contribution in [0.25, 0.3) is 0 Å². The third-order valence-corrected chi connectivity index (χ3v) is 16.0. The molecule has 0 saturated carbocycles. The number of aromatic nitrogens is 2. The lowest BCUT2D eigenvalue weighted by Crippen LogP contribution is -2.68. The Morgan fingerprint density at radius 3 is 1.69 bits per heavy atom. The molecule has 58 heavy (non-hydrogen) atoms. The largest absolute Gasteiger partial charge is 0.497 e. The van der Waals surface area contributed by atoms with Gasteiger partial charge in [-0.25, -0.2) is 4.79 Å². The minimum Gasteiger partial charge on any atom is -0.497 e. The van der Waals surface area contributed by atoms with Gasteiger partial charge in [0.2, 0.25) is 6.23 Å². The molecule has 298 valence electrons. The van der Waals surface area contributed by atoms with Gasteiger partial charge in [0.15, 0.2) is 6.10 Å². The lowest BCUT2D eigenvalue weighted by atomic mass is 9.79. The summed E-state index contributed by atoms with van der Waals surface area (Å²) >= 11 is 0. The van der Waals surface area contributed by atoms with Crippen molar-refractivity contribution in [2.45, 2.75) is 55.3 Å². The van der Waals surface area contributed by atoms with Crippen LogP contribution >= 0.6 is 0 Å². The molecule has 1 aliphatic rings. The van der Waals surface area contributed by atoms with Crippen LogP contribution in [0.1, 0.15) is 43.7 Å². The number of rotatable bonds is 13. The number of nitrogens with one attached hydrogen (secondary N) is 1. The first kappa shape index (κ1) is 40.5. The van der Waals surface area contributed by atoms with E-state index in [0.29, 0.717) is 27.0 Å². The summed E-state index contributed by atoms with van der Waals surface area (Å²) in [6, 6.07) is 45.9. The Morgan fingerprint density at radius 2 is 1.24 bits per heavy atom. The number of methoxy groups -OCH3 is 1. The van der Waals surface area contributed by atoms with Crippen molar-refractivity contribution < 1.29 is 27.4 Å². The number of benzene rings is 5. The highest BCUT2D eigenvalue weighted by Crippen LogP contribution is 2.55. The van der Waals surface area contributed by atoms with Crippen LogP contribution in [0.3, 0.4) is 0 Å². The summed E-state index contributed by atoms with van der Waals surface area (Å²) in [5.41, 5.74) is -3.98. The van der Waals surface area contributed by atoms with Crippen LogP contribution in [0.5, 0.6) is 5.75 Å². The van der Waals surface area contributed by atoms with E-state index in [4.69, 9.17) is 18.6 Å². The van der Waals surface area contributed by atoms with Crippen LogP contribution in [-0.4, -0.2) is 49.2 Å². The lowest BCUT2D eigenvalue weighted by molar-refractivity contribution is -0.184. The standard InChI is InChI=1S/C47H46F2N2O6Si/c1-6-45(33-55-58(44(2,3)4,38-23-15-9-16-24-38)39-25-17-10-18-26-39)41(47(48,49)42(57-45)51-32-31-40(52)50-43(51)53)56-46(34-19-11-7-12-20-34,35-21-13-8-14-22-35)36-27-29-37(54-5)30-28-36/h6-32,41-42H,1,33H2,2-5H3,(H,50,52,53)/t41-,42-,45-/m1/s1. The van der Waals surface area contributed by atoms with Gasteiger partial charge in [0, 0.05) is 12.3 Å². The van der Waals surface area contributed by atoms with Crippen LogP contribution < -0.4 is 26.4 Å². The van der Waals surface area contributed by atoms with E-state index >= 15 is 8.78 Å². The fraction of sp³-hybridized carbons (Fsp3) is 0.234. The van der Waals surface area contributed by atoms with Crippen molar-refractivity contribution in [3.05, 3.63) is 208 Å². The fourth-order valence-corrected chi connectivity index (χ4v) is 12.8. The Kier molecular flexibility index (Phi) is 11.1. The van der Waals surface area contributed by atoms with Crippen LogP contribution in [0.4, 0.5) is 8.78 Å².